The van der Waals surface area contributed by atoms with Gasteiger partial charge in [-0.25, -0.2) is 4.98 Å². The Bertz CT molecular complexity index is 714. The Kier molecular flexibility index (Phi) is 4.79. The van der Waals surface area contributed by atoms with E-state index in [-0.39, 0.29) is 0 Å². The summed E-state index contributed by atoms with van der Waals surface area (Å²) in [6, 6.07) is 9.61. The molecule has 0 spiro atoms. The van der Waals surface area contributed by atoms with Crippen molar-refractivity contribution in [3.63, 3.8) is 0 Å². The number of aryl methyl sites for hydroxylation is 1. The molecule has 126 valence electrons. The summed E-state index contributed by atoms with van der Waals surface area (Å²) in [6.45, 7) is 4.92. The van der Waals surface area contributed by atoms with Crippen LogP contribution < -0.4 is 15.0 Å². The molecule has 1 aliphatic heterocycles. The van der Waals surface area contributed by atoms with E-state index in [2.05, 4.69) is 20.2 Å². The lowest BCUT2D eigenvalue weighted by atomic mass is 10.3. The van der Waals surface area contributed by atoms with Crippen molar-refractivity contribution < 1.29 is 9.53 Å². The molecule has 3 rings (SSSR count). The second kappa shape index (κ2) is 7.16. The molecular formula is C17H21N5O2. The number of hydrogen-bond donors (Lipinski definition) is 1. The van der Waals surface area contributed by atoms with Crippen molar-refractivity contribution >= 4 is 23.9 Å². The molecule has 0 bridgehead atoms. The number of piperazine rings is 1. The number of aromatic nitrogens is 2. The van der Waals surface area contributed by atoms with Crippen molar-refractivity contribution in [1.82, 2.24) is 14.9 Å². The fourth-order valence-electron chi connectivity index (χ4n) is 2.66. The summed E-state index contributed by atoms with van der Waals surface area (Å²) in [7, 11) is 1.64. The third-order valence-electron chi connectivity index (χ3n) is 3.95. The van der Waals surface area contributed by atoms with E-state index in [0.29, 0.717) is 19.0 Å². The zero-order valence-electron chi connectivity index (χ0n) is 13.9. The van der Waals surface area contributed by atoms with Crippen LogP contribution in [0.2, 0.25) is 0 Å². The lowest BCUT2D eigenvalue weighted by Crippen LogP contribution is -2.46. The highest BCUT2D eigenvalue weighted by Gasteiger charge is 2.17. The van der Waals surface area contributed by atoms with E-state index in [0.717, 1.165) is 42.4 Å². The van der Waals surface area contributed by atoms with Crippen molar-refractivity contribution in [1.29, 1.82) is 0 Å². The number of benzene rings is 1. The Morgan fingerprint density at radius 3 is 2.67 bits per heavy atom. The number of methoxy groups -OCH3 is 1. The SMILES string of the molecule is COc1cccc(Nc2nc(C)cc(N3CCN(C=O)CC3)n2)c1. The average Bonchev–Trinajstić information content (AvgIpc) is 2.61. The molecule has 24 heavy (non-hydrogen) atoms. The van der Waals surface area contributed by atoms with Crippen LogP contribution in [0.4, 0.5) is 17.5 Å². The van der Waals surface area contributed by atoms with E-state index < -0.39 is 0 Å². The van der Waals surface area contributed by atoms with Gasteiger partial charge in [0.1, 0.15) is 11.6 Å². The molecule has 2 aromatic rings. The fraction of sp³-hybridized carbons (Fsp3) is 0.353. The van der Waals surface area contributed by atoms with Crippen LogP contribution in [-0.4, -0.2) is 54.6 Å². The maximum Gasteiger partial charge on any atom is 0.229 e. The molecule has 0 atom stereocenters. The maximum atomic E-state index is 10.8. The molecule has 1 aromatic carbocycles. The zero-order valence-corrected chi connectivity index (χ0v) is 13.9. The zero-order chi connectivity index (χ0) is 16.9. The molecule has 0 radical (unpaired) electrons. The van der Waals surface area contributed by atoms with Gasteiger partial charge in [-0.05, 0) is 19.1 Å². The molecule has 1 saturated heterocycles. The van der Waals surface area contributed by atoms with E-state index in [1.165, 1.54) is 0 Å². The first-order valence-corrected chi connectivity index (χ1v) is 7.89. The average molecular weight is 327 g/mol. The number of carbonyl (C=O) groups is 1. The van der Waals surface area contributed by atoms with Gasteiger partial charge in [0.15, 0.2) is 0 Å². The number of carbonyl (C=O) groups excluding carboxylic acids is 1. The number of ether oxygens (including phenoxy) is 1. The van der Waals surface area contributed by atoms with Crippen LogP contribution in [0.1, 0.15) is 5.69 Å². The summed E-state index contributed by atoms with van der Waals surface area (Å²) in [4.78, 5) is 23.8. The van der Waals surface area contributed by atoms with E-state index >= 15 is 0 Å². The van der Waals surface area contributed by atoms with Crippen LogP contribution in [0.5, 0.6) is 5.75 Å². The van der Waals surface area contributed by atoms with Gasteiger partial charge in [-0.3, -0.25) is 4.79 Å². The van der Waals surface area contributed by atoms with E-state index in [1.807, 2.05) is 37.3 Å². The molecule has 0 saturated carbocycles. The van der Waals surface area contributed by atoms with Crippen molar-refractivity contribution in [2.45, 2.75) is 6.92 Å². The van der Waals surface area contributed by atoms with Gasteiger partial charge in [0.05, 0.1) is 7.11 Å². The summed E-state index contributed by atoms with van der Waals surface area (Å²) in [5, 5.41) is 3.22. The van der Waals surface area contributed by atoms with Gasteiger partial charge in [-0.2, -0.15) is 4.98 Å². The van der Waals surface area contributed by atoms with Gasteiger partial charge in [0.25, 0.3) is 0 Å². The molecule has 7 heteroatoms. The van der Waals surface area contributed by atoms with Crippen LogP contribution in [0.25, 0.3) is 0 Å². The Morgan fingerprint density at radius 1 is 1.17 bits per heavy atom. The monoisotopic (exact) mass is 327 g/mol. The standard InChI is InChI=1S/C17H21N5O2/c1-13-10-16(22-8-6-21(12-23)7-9-22)20-17(18-13)19-14-4-3-5-15(11-14)24-2/h3-5,10-12H,6-9H2,1-2H3,(H,18,19,20). The van der Waals surface area contributed by atoms with Crippen molar-refractivity contribution in [2.24, 2.45) is 0 Å². The van der Waals surface area contributed by atoms with Crippen molar-refractivity contribution in [2.75, 3.05) is 43.5 Å². The minimum atomic E-state index is 0.552. The maximum absolute atomic E-state index is 10.8. The Hall–Kier alpha value is -2.83. The molecule has 1 fully saturated rings. The highest BCUT2D eigenvalue weighted by atomic mass is 16.5. The molecule has 1 aliphatic rings. The van der Waals surface area contributed by atoms with E-state index in [4.69, 9.17) is 4.74 Å². The largest absolute Gasteiger partial charge is 0.497 e. The third-order valence-corrected chi connectivity index (χ3v) is 3.95. The number of nitrogens with one attached hydrogen (secondary N) is 1. The van der Waals surface area contributed by atoms with Crippen LogP contribution >= 0.6 is 0 Å². The highest BCUT2D eigenvalue weighted by Crippen LogP contribution is 2.22. The number of amides is 1. The van der Waals surface area contributed by atoms with Gasteiger partial charge in [-0.15, -0.1) is 0 Å². The quantitative estimate of drug-likeness (QED) is 0.845. The van der Waals surface area contributed by atoms with Crippen molar-refractivity contribution in [3.8, 4) is 5.75 Å². The summed E-state index contributed by atoms with van der Waals surface area (Å²) >= 11 is 0. The number of hydrogen-bond acceptors (Lipinski definition) is 6. The van der Waals surface area contributed by atoms with Gasteiger partial charge >= 0.3 is 0 Å². The van der Waals surface area contributed by atoms with Gasteiger partial charge < -0.3 is 19.9 Å². The first-order valence-electron chi connectivity index (χ1n) is 7.89. The minimum Gasteiger partial charge on any atom is -0.497 e. The van der Waals surface area contributed by atoms with E-state index in [9.17, 15) is 4.79 Å². The molecule has 1 N–H and O–H groups in total. The van der Waals surface area contributed by atoms with Gasteiger partial charge in [0.2, 0.25) is 12.4 Å². The van der Waals surface area contributed by atoms with E-state index in [1.54, 1.807) is 12.0 Å². The lowest BCUT2D eigenvalue weighted by molar-refractivity contribution is -0.118. The molecular weight excluding hydrogens is 306 g/mol. The van der Waals surface area contributed by atoms with Crippen LogP contribution in [0.15, 0.2) is 30.3 Å². The molecule has 1 amide bonds. The topological polar surface area (TPSA) is 70.6 Å². The molecule has 0 unspecified atom stereocenters. The van der Waals surface area contributed by atoms with Crippen LogP contribution in [0.3, 0.4) is 0 Å². The van der Waals surface area contributed by atoms with Gasteiger partial charge in [-0.1, -0.05) is 6.07 Å². The molecule has 1 aromatic heterocycles. The number of nitrogens with zero attached hydrogens (tertiary/aromatic N) is 4. The predicted molar refractivity (Wildman–Crippen MR) is 92.9 cm³/mol. The summed E-state index contributed by atoms with van der Waals surface area (Å²) in [5.74, 6) is 2.20. The normalized spacial score (nSPS) is 14.4. The second-order valence-corrected chi connectivity index (χ2v) is 5.68. The van der Waals surface area contributed by atoms with Crippen LogP contribution in [0, 0.1) is 6.92 Å². The van der Waals surface area contributed by atoms with Crippen LogP contribution in [-0.2, 0) is 4.79 Å². The smallest absolute Gasteiger partial charge is 0.229 e. The second-order valence-electron chi connectivity index (χ2n) is 5.68. The molecule has 7 nitrogen and oxygen atoms in total. The lowest BCUT2D eigenvalue weighted by Gasteiger charge is -2.33. The summed E-state index contributed by atoms with van der Waals surface area (Å²) in [5.41, 5.74) is 1.76. The fourth-order valence-corrected chi connectivity index (χ4v) is 2.66. The predicted octanol–water partition coefficient (Wildman–Crippen LogP) is 1.82. The Labute approximate surface area is 141 Å². The Balaban J connectivity index is 1.77. The van der Waals surface area contributed by atoms with Crippen molar-refractivity contribution in [3.05, 3.63) is 36.0 Å². The molecule has 0 aliphatic carbocycles. The first kappa shape index (κ1) is 16.0. The first-order chi connectivity index (χ1) is 11.7. The number of rotatable bonds is 5. The minimum absolute atomic E-state index is 0.552. The highest BCUT2D eigenvalue weighted by molar-refractivity contribution is 5.58. The van der Waals surface area contributed by atoms with Gasteiger partial charge in [0, 0.05) is 49.7 Å². The number of anilines is 3. The third kappa shape index (κ3) is 3.73. The molecule has 2 heterocycles. The summed E-state index contributed by atoms with van der Waals surface area (Å²) < 4.78 is 5.23. The Morgan fingerprint density at radius 2 is 1.96 bits per heavy atom. The summed E-state index contributed by atoms with van der Waals surface area (Å²) in [6.07, 6.45) is 0.901.